The van der Waals surface area contributed by atoms with Gasteiger partial charge >= 0.3 is 0 Å². The zero-order valence-electron chi connectivity index (χ0n) is 8.75. The second-order valence-electron chi connectivity index (χ2n) is 3.61. The molecule has 0 saturated carbocycles. The van der Waals surface area contributed by atoms with Crippen LogP contribution in [0.1, 0.15) is 32.4 Å². The van der Waals surface area contributed by atoms with E-state index >= 15 is 0 Å². The van der Waals surface area contributed by atoms with E-state index in [1.165, 1.54) is 17.8 Å². The van der Waals surface area contributed by atoms with Crippen molar-refractivity contribution in [3.63, 3.8) is 0 Å². The van der Waals surface area contributed by atoms with Crippen LogP contribution in [0.4, 0.5) is 4.39 Å². The molecule has 0 spiro atoms. The molecule has 78 valence electrons. The molecule has 0 aliphatic heterocycles. The SMILES string of the molecule is CC(C)Sc1c(F)cccc1[C@H](C)N. The first-order valence-corrected chi connectivity index (χ1v) is 5.61. The van der Waals surface area contributed by atoms with Crippen LogP contribution in [0.3, 0.4) is 0 Å². The molecule has 0 amide bonds. The largest absolute Gasteiger partial charge is 0.324 e. The maximum atomic E-state index is 13.5. The lowest BCUT2D eigenvalue weighted by molar-refractivity contribution is 0.591. The average molecular weight is 213 g/mol. The summed E-state index contributed by atoms with van der Waals surface area (Å²) in [5, 5.41) is 0.365. The van der Waals surface area contributed by atoms with Gasteiger partial charge in [-0.25, -0.2) is 4.39 Å². The second kappa shape index (κ2) is 4.80. The molecular weight excluding hydrogens is 197 g/mol. The smallest absolute Gasteiger partial charge is 0.137 e. The van der Waals surface area contributed by atoms with Crippen molar-refractivity contribution in [1.29, 1.82) is 0 Å². The van der Waals surface area contributed by atoms with Crippen molar-refractivity contribution in [3.05, 3.63) is 29.6 Å². The highest BCUT2D eigenvalue weighted by Gasteiger charge is 2.12. The highest BCUT2D eigenvalue weighted by molar-refractivity contribution is 8.00. The molecule has 0 heterocycles. The summed E-state index contributed by atoms with van der Waals surface area (Å²) in [4.78, 5) is 0.692. The summed E-state index contributed by atoms with van der Waals surface area (Å²) >= 11 is 1.52. The minimum Gasteiger partial charge on any atom is -0.324 e. The Morgan fingerprint density at radius 3 is 2.43 bits per heavy atom. The molecule has 0 fully saturated rings. The first kappa shape index (κ1) is 11.5. The first-order valence-electron chi connectivity index (χ1n) is 4.73. The van der Waals surface area contributed by atoms with Crippen molar-refractivity contribution in [2.75, 3.05) is 0 Å². The van der Waals surface area contributed by atoms with E-state index in [1.807, 2.05) is 26.8 Å². The van der Waals surface area contributed by atoms with E-state index in [1.54, 1.807) is 6.07 Å². The predicted molar refractivity (Wildman–Crippen MR) is 60.0 cm³/mol. The molecule has 1 aromatic carbocycles. The van der Waals surface area contributed by atoms with Gasteiger partial charge in [0, 0.05) is 16.2 Å². The van der Waals surface area contributed by atoms with Gasteiger partial charge in [0.05, 0.1) is 0 Å². The Morgan fingerprint density at radius 2 is 1.93 bits per heavy atom. The lowest BCUT2D eigenvalue weighted by Crippen LogP contribution is -2.08. The Balaban J connectivity index is 3.09. The lowest BCUT2D eigenvalue weighted by atomic mass is 10.1. The van der Waals surface area contributed by atoms with Gasteiger partial charge in [-0.05, 0) is 18.6 Å². The Bertz CT molecular complexity index is 310. The summed E-state index contributed by atoms with van der Waals surface area (Å²) in [6.45, 7) is 5.96. The van der Waals surface area contributed by atoms with Crippen LogP contribution >= 0.6 is 11.8 Å². The molecule has 14 heavy (non-hydrogen) atoms. The number of rotatable bonds is 3. The van der Waals surface area contributed by atoms with E-state index in [4.69, 9.17) is 5.73 Å². The van der Waals surface area contributed by atoms with Crippen LogP contribution < -0.4 is 5.73 Å². The summed E-state index contributed by atoms with van der Waals surface area (Å²) in [6, 6.07) is 4.96. The van der Waals surface area contributed by atoms with Gasteiger partial charge < -0.3 is 5.73 Å². The van der Waals surface area contributed by atoms with E-state index in [0.29, 0.717) is 10.1 Å². The molecule has 0 aliphatic rings. The standard InChI is InChI=1S/C11H16FNS/c1-7(2)14-11-9(8(3)13)5-4-6-10(11)12/h4-8H,13H2,1-3H3/t8-/m0/s1. The summed E-state index contributed by atoms with van der Waals surface area (Å²) in [6.07, 6.45) is 0. The Hall–Kier alpha value is -0.540. The minimum atomic E-state index is -0.168. The molecule has 1 rings (SSSR count). The Labute approximate surface area is 88.9 Å². The summed E-state index contributed by atoms with van der Waals surface area (Å²) in [7, 11) is 0. The van der Waals surface area contributed by atoms with Crippen LogP contribution in [0.15, 0.2) is 23.1 Å². The quantitative estimate of drug-likeness (QED) is 0.779. The molecule has 1 nitrogen and oxygen atoms in total. The molecule has 1 aromatic rings. The number of hydrogen-bond donors (Lipinski definition) is 1. The molecule has 3 heteroatoms. The monoisotopic (exact) mass is 213 g/mol. The second-order valence-corrected chi connectivity index (χ2v) is 5.20. The molecule has 0 saturated heterocycles. The van der Waals surface area contributed by atoms with E-state index in [-0.39, 0.29) is 11.9 Å². The fraction of sp³-hybridized carbons (Fsp3) is 0.455. The predicted octanol–water partition coefficient (Wildman–Crippen LogP) is 3.35. The van der Waals surface area contributed by atoms with E-state index in [9.17, 15) is 4.39 Å². The molecule has 0 aliphatic carbocycles. The van der Waals surface area contributed by atoms with Crippen LogP contribution in [-0.4, -0.2) is 5.25 Å². The van der Waals surface area contributed by atoms with Crippen molar-refractivity contribution in [3.8, 4) is 0 Å². The third-order valence-corrected chi connectivity index (χ3v) is 2.98. The minimum absolute atomic E-state index is 0.119. The Morgan fingerprint density at radius 1 is 1.29 bits per heavy atom. The van der Waals surface area contributed by atoms with Gasteiger partial charge in [0.2, 0.25) is 0 Å². The number of nitrogens with two attached hydrogens (primary N) is 1. The molecular formula is C11H16FNS. The van der Waals surface area contributed by atoms with Crippen LogP contribution in [-0.2, 0) is 0 Å². The van der Waals surface area contributed by atoms with Gasteiger partial charge in [-0.1, -0.05) is 26.0 Å². The molecule has 0 bridgehead atoms. The van der Waals surface area contributed by atoms with Crippen molar-refractivity contribution >= 4 is 11.8 Å². The van der Waals surface area contributed by atoms with Gasteiger partial charge in [0.25, 0.3) is 0 Å². The van der Waals surface area contributed by atoms with Crippen molar-refractivity contribution < 1.29 is 4.39 Å². The van der Waals surface area contributed by atoms with Gasteiger partial charge in [-0.2, -0.15) is 0 Å². The summed E-state index contributed by atoms with van der Waals surface area (Å²) < 4.78 is 13.5. The fourth-order valence-corrected chi connectivity index (χ4v) is 2.29. The van der Waals surface area contributed by atoms with Crippen molar-refractivity contribution in [2.45, 2.75) is 37.0 Å². The van der Waals surface area contributed by atoms with Crippen molar-refractivity contribution in [1.82, 2.24) is 0 Å². The topological polar surface area (TPSA) is 26.0 Å². The Kier molecular flexibility index (Phi) is 3.96. The third kappa shape index (κ3) is 2.72. The summed E-state index contributed by atoms with van der Waals surface area (Å²) in [5.41, 5.74) is 6.67. The molecule has 0 aromatic heterocycles. The number of benzene rings is 1. The van der Waals surface area contributed by atoms with Crippen LogP contribution in [0.2, 0.25) is 0 Å². The average Bonchev–Trinajstić information content (AvgIpc) is 2.07. The number of thioether (sulfide) groups is 1. The third-order valence-electron chi connectivity index (χ3n) is 1.84. The highest BCUT2D eigenvalue weighted by Crippen LogP contribution is 2.31. The zero-order chi connectivity index (χ0) is 10.7. The van der Waals surface area contributed by atoms with Gasteiger partial charge in [0.15, 0.2) is 0 Å². The molecule has 0 radical (unpaired) electrons. The van der Waals surface area contributed by atoms with Gasteiger partial charge in [-0.15, -0.1) is 11.8 Å². The highest BCUT2D eigenvalue weighted by atomic mass is 32.2. The summed E-state index contributed by atoms with van der Waals surface area (Å²) in [5.74, 6) is -0.168. The molecule has 2 N–H and O–H groups in total. The maximum absolute atomic E-state index is 13.5. The van der Waals surface area contributed by atoms with E-state index in [2.05, 4.69) is 0 Å². The zero-order valence-corrected chi connectivity index (χ0v) is 9.57. The van der Waals surface area contributed by atoms with E-state index < -0.39 is 0 Å². The first-order chi connectivity index (χ1) is 6.52. The lowest BCUT2D eigenvalue weighted by Gasteiger charge is -2.14. The molecule has 1 atom stereocenters. The van der Waals surface area contributed by atoms with Gasteiger partial charge in [0.1, 0.15) is 5.82 Å². The van der Waals surface area contributed by atoms with Crippen molar-refractivity contribution in [2.24, 2.45) is 5.73 Å². The number of halogens is 1. The van der Waals surface area contributed by atoms with Gasteiger partial charge in [-0.3, -0.25) is 0 Å². The fourth-order valence-electron chi connectivity index (χ4n) is 1.24. The molecule has 0 unspecified atom stereocenters. The number of hydrogen-bond acceptors (Lipinski definition) is 2. The normalized spacial score (nSPS) is 13.3. The van der Waals surface area contributed by atoms with E-state index in [0.717, 1.165) is 5.56 Å². The van der Waals surface area contributed by atoms with Crippen LogP contribution in [0.5, 0.6) is 0 Å². The van der Waals surface area contributed by atoms with Crippen LogP contribution in [0.25, 0.3) is 0 Å². The van der Waals surface area contributed by atoms with Crippen LogP contribution in [0, 0.1) is 5.82 Å². The maximum Gasteiger partial charge on any atom is 0.137 e.